The molecule has 0 saturated heterocycles. The molecule has 212 valence electrons. The quantitative estimate of drug-likeness (QED) is 0.0952. The Hall–Kier alpha value is -5.05. The van der Waals surface area contributed by atoms with Crippen LogP contribution in [0.3, 0.4) is 0 Å². The van der Waals surface area contributed by atoms with Gasteiger partial charge in [-0.05, 0) is 98.9 Å². The third kappa shape index (κ3) is 6.30. The van der Waals surface area contributed by atoms with Gasteiger partial charge >= 0.3 is 0 Å². The Bertz CT molecular complexity index is 1700. The van der Waals surface area contributed by atoms with Crippen LogP contribution in [0.25, 0.3) is 20.9 Å². The molecular weight excluding hydrogens is 563 g/mol. The Balaban J connectivity index is 0.00000198. The van der Waals surface area contributed by atoms with Gasteiger partial charge in [0.05, 0.1) is 16.9 Å². The Kier molecular flexibility index (Phi) is 9.65. The molecule has 0 fully saturated rings. The van der Waals surface area contributed by atoms with E-state index in [1.807, 2.05) is 13.8 Å². The molecule has 0 N–H and O–H groups in total. The minimum Gasteiger partial charge on any atom is -0.417 e. The summed E-state index contributed by atoms with van der Waals surface area (Å²) in [6.07, 6.45) is 2.72. The van der Waals surface area contributed by atoms with E-state index in [4.69, 9.17) is 25.2 Å². The van der Waals surface area contributed by atoms with Gasteiger partial charge < -0.3 is 8.92 Å². The molecule has 2 aliphatic heterocycles. The lowest BCUT2D eigenvalue weighted by molar-refractivity contribution is 0.0966. The first-order chi connectivity index (χ1) is 20.4. The zero-order valence-corrected chi connectivity index (χ0v) is 23.3. The molecule has 2 amide bonds. The number of rotatable bonds is 6. The number of amides is 2. The topological polar surface area (TPSA) is 177 Å². The molecule has 0 bridgehead atoms. The second-order valence-corrected chi connectivity index (χ2v) is 9.72. The van der Waals surface area contributed by atoms with Crippen LogP contribution in [-0.4, -0.2) is 23.3 Å². The zero-order valence-electron chi connectivity index (χ0n) is 22.5. The summed E-state index contributed by atoms with van der Waals surface area (Å²) in [6.45, 7) is 5.15. The second-order valence-electron chi connectivity index (χ2n) is 8.91. The molecule has 0 aliphatic carbocycles. The summed E-state index contributed by atoms with van der Waals surface area (Å²) >= 11 is 0.924. The maximum absolute atomic E-state index is 13.6. The van der Waals surface area contributed by atoms with Crippen LogP contribution in [0.2, 0.25) is 0 Å². The monoisotopic (exact) mass is 586 g/mol. The summed E-state index contributed by atoms with van der Waals surface area (Å²) in [4.78, 5) is 32.8. The number of nitriles is 1. The Morgan fingerprint density at radius 1 is 1.02 bits per heavy atom. The van der Waals surface area contributed by atoms with Gasteiger partial charge in [0.25, 0.3) is 6.26 Å². The molecule has 2 heterocycles. The number of hydrogen-bond donors (Lipinski definition) is 0. The largest absolute Gasteiger partial charge is 0.417 e. The van der Waals surface area contributed by atoms with Crippen LogP contribution >= 0.6 is 12.0 Å². The fourth-order valence-corrected chi connectivity index (χ4v) is 5.60. The molecule has 3 aromatic rings. The predicted molar refractivity (Wildman–Crippen MR) is 151 cm³/mol. The van der Waals surface area contributed by atoms with E-state index in [9.17, 15) is 14.0 Å². The van der Waals surface area contributed by atoms with Crippen molar-refractivity contribution in [3.8, 4) is 17.8 Å². The Morgan fingerprint density at radius 3 is 2.38 bits per heavy atom. The maximum Gasteiger partial charge on any atom is 0.292 e. The van der Waals surface area contributed by atoms with E-state index < -0.39 is 17.6 Å². The third-order valence-electron chi connectivity index (χ3n) is 6.71. The van der Waals surface area contributed by atoms with Gasteiger partial charge in [0.15, 0.2) is 11.5 Å². The summed E-state index contributed by atoms with van der Waals surface area (Å²) in [5.41, 5.74) is 20.6. The van der Waals surface area contributed by atoms with Crippen molar-refractivity contribution in [1.29, 1.82) is 5.26 Å². The normalized spacial score (nSPS) is 14.6. The van der Waals surface area contributed by atoms with Crippen molar-refractivity contribution >= 4 is 23.9 Å². The first kappa shape index (κ1) is 29.9. The van der Waals surface area contributed by atoms with E-state index in [1.165, 1.54) is 24.3 Å². The van der Waals surface area contributed by atoms with Crippen LogP contribution < -0.4 is 8.92 Å². The van der Waals surface area contributed by atoms with E-state index in [1.54, 1.807) is 30.5 Å². The fourth-order valence-electron chi connectivity index (χ4n) is 4.99. The minimum atomic E-state index is -0.960. The molecule has 2 aliphatic rings. The van der Waals surface area contributed by atoms with E-state index in [0.29, 0.717) is 30.8 Å². The number of hydrogen-bond acceptors (Lipinski definition) is 7. The molecule has 0 aromatic heterocycles. The highest BCUT2D eigenvalue weighted by Crippen LogP contribution is 2.43. The van der Waals surface area contributed by atoms with Crippen LogP contribution in [0.5, 0.6) is 11.5 Å². The number of halogens is 1. The van der Waals surface area contributed by atoms with Crippen LogP contribution in [0.1, 0.15) is 62.9 Å². The number of azide groups is 2. The van der Waals surface area contributed by atoms with Gasteiger partial charge in [-0.15, -0.1) is 5.26 Å². The van der Waals surface area contributed by atoms with Crippen molar-refractivity contribution in [1.82, 2.24) is 4.90 Å². The summed E-state index contributed by atoms with van der Waals surface area (Å²) in [7, 11) is 0. The van der Waals surface area contributed by atoms with E-state index in [-0.39, 0.29) is 28.7 Å². The van der Waals surface area contributed by atoms with Crippen LogP contribution in [0.15, 0.2) is 63.7 Å². The zero-order chi connectivity index (χ0) is 30.2. The highest BCUT2D eigenvalue weighted by atomic mass is 32.2. The smallest absolute Gasteiger partial charge is 0.292 e. The number of ether oxygens (including phenoxy) is 1. The molecule has 3 aromatic carbocycles. The van der Waals surface area contributed by atoms with Crippen LogP contribution in [0, 0.1) is 17.3 Å². The highest BCUT2D eigenvalue weighted by Gasteiger charge is 2.34. The van der Waals surface area contributed by atoms with Crippen molar-refractivity contribution in [3.05, 3.63) is 109 Å². The van der Waals surface area contributed by atoms with Crippen molar-refractivity contribution < 1.29 is 22.9 Å². The maximum atomic E-state index is 13.6. The lowest BCUT2D eigenvalue weighted by Gasteiger charge is -2.42. The van der Waals surface area contributed by atoms with Crippen molar-refractivity contribution in [3.63, 3.8) is 0 Å². The SMILES string of the molecule is CC.N#COc1cc2c(cc1OSc1cccc(F)c1)CC1c3cc(C(=O)N=[N+]=[N-])c(C(=O)N=[N+]=[N-])cc3CCN1C2. The van der Waals surface area contributed by atoms with Gasteiger partial charge in [-0.25, -0.2) is 4.39 Å². The van der Waals surface area contributed by atoms with Gasteiger partial charge in [-0.1, -0.05) is 19.9 Å². The molecular formula is C28H23FN8O4S. The lowest BCUT2D eigenvalue weighted by atomic mass is 9.82. The molecule has 42 heavy (non-hydrogen) atoms. The van der Waals surface area contributed by atoms with Gasteiger partial charge in [0, 0.05) is 40.1 Å². The summed E-state index contributed by atoms with van der Waals surface area (Å²) < 4.78 is 24.6. The van der Waals surface area contributed by atoms with Gasteiger partial charge in [0.1, 0.15) is 5.82 Å². The molecule has 1 atom stereocenters. The van der Waals surface area contributed by atoms with Crippen molar-refractivity contribution in [2.45, 2.75) is 44.2 Å². The average molecular weight is 587 g/mol. The molecule has 14 heteroatoms. The van der Waals surface area contributed by atoms with Gasteiger partial charge in [-0.3, -0.25) is 14.5 Å². The highest BCUT2D eigenvalue weighted by molar-refractivity contribution is 7.95. The molecule has 5 rings (SSSR count). The number of benzene rings is 3. The van der Waals surface area contributed by atoms with Crippen molar-refractivity contribution in [2.75, 3.05) is 6.54 Å². The van der Waals surface area contributed by atoms with Gasteiger partial charge in [-0.2, -0.15) is 0 Å². The van der Waals surface area contributed by atoms with Crippen molar-refractivity contribution in [2.24, 2.45) is 10.2 Å². The molecule has 0 saturated carbocycles. The fraction of sp³-hybridized carbons (Fsp3) is 0.250. The predicted octanol–water partition coefficient (Wildman–Crippen LogP) is 7.35. The first-order valence-corrected chi connectivity index (χ1v) is 13.6. The van der Waals surface area contributed by atoms with Crippen LogP contribution in [-0.2, 0) is 19.4 Å². The lowest BCUT2D eigenvalue weighted by Crippen LogP contribution is -2.39. The average Bonchev–Trinajstić information content (AvgIpc) is 3.00. The molecule has 1 unspecified atom stereocenters. The van der Waals surface area contributed by atoms with E-state index >= 15 is 0 Å². The number of carbonyl (C=O) groups excluding carboxylic acids is 2. The Morgan fingerprint density at radius 2 is 1.71 bits per heavy atom. The number of fused-ring (bicyclic) bond motifs is 4. The number of nitrogens with zero attached hydrogens (tertiary/aromatic N) is 8. The Labute approximate surface area is 244 Å². The molecule has 0 spiro atoms. The summed E-state index contributed by atoms with van der Waals surface area (Å²) in [6, 6.07) is 12.3. The second kappa shape index (κ2) is 13.5. The summed E-state index contributed by atoms with van der Waals surface area (Å²) in [5.74, 6) is -1.80. The first-order valence-electron chi connectivity index (χ1n) is 12.8. The standard InChI is InChI=1S/C26H17FN8O4S.C2H6/c27-17-2-1-3-18(10-17)40-39-24-8-15-7-22-19-11-21(26(37)32-34-30)20(25(36)31-33-29)6-14(19)4-5-35(22)12-16(15)9-23(24)38-13-28;1-2/h1-3,6,8-11,22H,4-5,7,12H2;1-2H3. The summed E-state index contributed by atoms with van der Waals surface area (Å²) in [5, 5.41) is 15.4. The molecule has 0 radical (unpaired) electrons. The van der Waals surface area contributed by atoms with E-state index in [2.05, 4.69) is 25.0 Å². The van der Waals surface area contributed by atoms with Crippen LogP contribution in [0.4, 0.5) is 4.39 Å². The van der Waals surface area contributed by atoms with Gasteiger partial charge in [0.2, 0.25) is 11.8 Å². The van der Waals surface area contributed by atoms with E-state index in [0.717, 1.165) is 34.3 Å². The molecule has 12 nitrogen and oxygen atoms in total. The third-order valence-corrected chi connectivity index (χ3v) is 7.42. The minimum absolute atomic E-state index is 0.123. The number of carbonyl (C=O) groups is 2.